The molecule has 3 aromatic rings. The van der Waals surface area contributed by atoms with E-state index in [-0.39, 0.29) is 12.4 Å². The van der Waals surface area contributed by atoms with E-state index in [9.17, 15) is 9.50 Å². The molecule has 0 saturated carbocycles. The molecule has 3 rings (SSSR count). The van der Waals surface area contributed by atoms with E-state index < -0.39 is 6.10 Å². The lowest BCUT2D eigenvalue weighted by Gasteiger charge is -2.25. The van der Waals surface area contributed by atoms with E-state index in [4.69, 9.17) is 4.74 Å². The zero-order valence-corrected chi connectivity index (χ0v) is 15.9. The van der Waals surface area contributed by atoms with Crippen LogP contribution in [0.3, 0.4) is 0 Å². The molecule has 0 saturated heterocycles. The van der Waals surface area contributed by atoms with E-state index in [1.165, 1.54) is 12.1 Å². The monoisotopic (exact) mass is 379 g/mol. The summed E-state index contributed by atoms with van der Waals surface area (Å²) in [6.45, 7) is 2.40. The number of benzene rings is 3. The Kier molecular flexibility index (Phi) is 7.73. The van der Waals surface area contributed by atoms with Gasteiger partial charge in [0.2, 0.25) is 0 Å². The van der Waals surface area contributed by atoms with Crippen molar-refractivity contribution >= 4 is 0 Å². The van der Waals surface area contributed by atoms with Crippen molar-refractivity contribution in [3.8, 4) is 0 Å². The van der Waals surface area contributed by atoms with Gasteiger partial charge in [0.15, 0.2) is 0 Å². The number of ether oxygens (including phenoxy) is 1. The van der Waals surface area contributed by atoms with Crippen LogP contribution in [0.1, 0.15) is 16.7 Å². The van der Waals surface area contributed by atoms with Gasteiger partial charge in [-0.1, -0.05) is 72.8 Å². The number of hydrogen-bond acceptors (Lipinski definition) is 3. The summed E-state index contributed by atoms with van der Waals surface area (Å²) in [6.07, 6.45) is -0.624. The molecule has 0 amide bonds. The molecule has 0 aliphatic carbocycles. The van der Waals surface area contributed by atoms with Crippen LogP contribution >= 0.6 is 0 Å². The van der Waals surface area contributed by atoms with Crippen LogP contribution in [0.2, 0.25) is 0 Å². The third-order valence-electron chi connectivity index (χ3n) is 4.43. The summed E-state index contributed by atoms with van der Waals surface area (Å²) in [5.74, 6) is -0.246. The summed E-state index contributed by atoms with van der Waals surface area (Å²) in [4.78, 5) is 2.11. The molecular weight excluding hydrogens is 353 g/mol. The number of hydrogen-bond donors (Lipinski definition) is 1. The summed E-state index contributed by atoms with van der Waals surface area (Å²) >= 11 is 0. The summed E-state index contributed by atoms with van der Waals surface area (Å²) in [5, 5.41) is 10.5. The largest absolute Gasteiger partial charge is 0.389 e. The molecule has 0 radical (unpaired) electrons. The van der Waals surface area contributed by atoms with Gasteiger partial charge in [-0.15, -0.1) is 0 Å². The SMILES string of the molecule is OC(COCc1ccccc1)CN(Cc1ccccc1)Cc1cccc(F)c1. The fourth-order valence-electron chi connectivity index (χ4n) is 3.16. The average molecular weight is 379 g/mol. The fraction of sp³-hybridized carbons (Fsp3) is 0.250. The molecule has 28 heavy (non-hydrogen) atoms. The van der Waals surface area contributed by atoms with E-state index in [0.29, 0.717) is 26.2 Å². The van der Waals surface area contributed by atoms with Crippen molar-refractivity contribution in [1.82, 2.24) is 4.90 Å². The van der Waals surface area contributed by atoms with E-state index in [1.54, 1.807) is 6.07 Å². The molecule has 3 aromatic carbocycles. The minimum absolute atomic E-state index is 0.246. The molecule has 1 atom stereocenters. The first kappa shape index (κ1) is 20.2. The summed E-state index contributed by atoms with van der Waals surface area (Å²) < 4.78 is 19.2. The Bertz CT molecular complexity index is 826. The minimum Gasteiger partial charge on any atom is -0.389 e. The molecular formula is C24H26FNO2. The van der Waals surface area contributed by atoms with Crippen molar-refractivity contribution in [2.24, 2.45) is 0 Å². The molecule has 0 aliphatic rings. The molecule has 4 heteroatoms. The smallest absolute Gasteiger partial charge is 0.123 e. The Morgan fingerprint density at radius 1 is 0.786 bits per heavy atom. The number of nitrogens with zero attached hydrogens (tertiary/aromatic N) is 1. The maximum atomic E-state index is 13.5. The zero-order valence-electron chi connectivity index (χ0n) is 15.9. The third-order valence-corrected chi connectivity index (χ3v) is 4.43. The van der Waals surface area contributed by atoms with Crippen LogP contribution < -0.4 is 0 Å². The average Bonchev–Trinajstić information content (AvgIpc) is 2.69. The highest BCUT2D eigenvalue weighted by Gasteiger charge is 2.14. The lowest BCUT2D eigenvalue weighted by molar-refractivity contribution is 0.00712. The molecule has 0 aliphatic heterocycles. The first-order valence-electron chi connectivity index (χ1n) is 9.49. The number of rotatable bonds is 10. The van der Waals surface area contributed by atoms with Gasteiger partial charge < -0.3 is 9.84 Å². The maximum absolute atomic E-state index is 13.5. The van der Waals surface area contributed by atoms with Gasteiger partial charge in [0.1, 0.15) is 5.82 Å². The van der Waals surface area contributed by atoms with Crippen LogP contribution in [-0.2, 0) is 24.4 Å². The van der Waals surface area contributed by atoms with Crippen molar-refractivity contribution in [2.45, 2.75) is 25.8 Å². The van der Waals surface area contributed by atoms with Gasteiger partial charge in [-0.05, 0) is 28.8 Å². The first-order chi connectivity index (χ1) is 13.7. The van der Waals surface area contributed by atoms with E-state index in [2.05, 4.69) is 17.0 Å². The topological polar surface area (TPSA) is 32.7 Å². The molecule has 0 bridgehead atoms. The second-order valence-electron chi connectivity index (χ2n) is 6.94. The Morgan fingerprint density at radius 2 is 1.39 bits per heavy atom. The molecule has 146 valence electrons. The highest BCUT2D eigenvalue weighted by molar-refractivity contribution is 5.18. The van der Waals surface area contributed by atoms with Gasteiger partial charge in [0.05, 0.1) is 19.3 Å². The van der Waals surface area contributed by atoms with Crippen molar-refractivity contribution in [3.05, 3.63) is 107 Å². The lowest BCUT2D eigenvalue weighted by atomic mass is 10.1. The normalized spacial score (nSPS) is 12.2. The van der Waals surface area contributed by atoms with Crippen molar-refractivity contribution in [2.75, 3.05) is 13.2 Å². The Morgan fingerprint density at radius 3 is 2.07 bits per heavy atom. The quantitative estimate of drug-likeness (QED) is 0.567. The van der Waals surface area contributed by atoms with Crippen LogP contribution in [0, 0.1) is 5.82 Å². The maximum Gasteiger partial charge on any atom is 0.123 e. The van der Waals surface area contributed by atoms with Gasteiger partial charge in [-0.25, -0.2) is 4.39 Å². The second kappa shape index (κ2) is 10.7. The van der Waals surface area contributed by atoms with Crippen LogP contribution in [-0.4, -0.2) is 29.3 Å². The van der Waals surface area contributed by atoms with Crippen LogP contribution in [0.25, 0.3) is 0 Å². The standard InChI is InChI=1S/C24H26FNO2/c25-23-13-7-12-22(14-23)16-26(15-20-8-3-1-4-9-20)17-24(27)19-28-18-21-10-5-2-6-11-21/h1-14,24,27H,15-19H2. The fourth-order valence-corrected chi connectivity index (χ4v) is 3.16. The van der Waals surface area contributed by atoms with E-state index >= 15 is 0 Å². The predicted octanol–water partition coefficient (Wildman–Crippen LogP) is 4.41. The molecule has 0 aromatic heterocycles. The molecule has 1 unspecified atom stereocenters. The number of halogens is 1. The highest BCUT2D eigenvalue weighted by atomic mass is 19.1. The summed E-state index contributed by atoms with van der Waals surface area (Å²) in [7, 11) is 0. The molecule has 1 N–H and O–H groups in total. The van der Waals surface area contributed by atoms with E-state index in [1.807, 2.05) is 54.6 Å². The van der Waals surface area contributed by atoms with Crippen molar-refractivity contribution in [1.29, 1.82) is 0 Å². The summed E-state index contributed by atoms with van der Waals surface area (Å²) in [6, 6.07) is 26.6. The predicted molar refractivity (Wildman–Crippen MR) is 109 cm³/mol. The molecule has 0 spiro atoms. The van der Waals surface area contributed by atoms with Crippen LogP contribution in [0.5, 0.6) is 0 Å². The number of aliphatic hydroxyl groups is 1. The Hall–Kier alpha value is -2.53. The molecule has 0 heterocycles. The number of aliphatic hydroxyl groups excluding tert-OH is 1. The van der Waals surface area contributed by atoms with Crippen molar-refractivity contribution in [3.63, 3.8) is 0 Å². The Labute approximate surface area is 166 Å². The van der Waals surface area contributed by atoms with Crippen LogP contribution in [0.4, 0.5) is 4.39 Å². The van der Waals surface area contributed by atoms with Gasteiger partial charge in [-0.2, -0.15) is 0 Å². The highest BCUT2D eigenvalue weighted by Crippen LogP contribution is 2.12. The first-order valence-corrected chi connectivity index (χ1v) is 9.49. The molecule has 3 nitrogen and oxygen atoms in total. The summed E-state index contributed by atoms with van der Waals surface area (Å²) in [5.41, 5.74) is 3.11. The lowest BCUT2D eigenvalue weighted by Crippen LogP contribution is -2.34. The van der Waals surface area contributed by atoms with Crippen LogP contribution in [0.15, 0.2) is 84.9 Å². The van der Waals surface area contributed by atoms with E-state index in [0.717, 1.165) is 16.7 Å². The van der Waals surface area contributed by atoms with Gasteiger partial charge in [-0.3, -0.25) is 4.90 Å². The van der Waals surface area contributed by atoms with Gasteiger partial charge in [0.25, 0.3) is 0 Å². The molecule has 0 fully saturated rings. The Balaban J connectivity index is 1.57. The second-order valence-corrected chi connectivity index (χ2v) is 6.94. The van der Waals surface area contributed by atoms with Gasteiger partial charge >= 0.3 is 0 Å². The third kappa shape index (κ3) is 6.89. The minimum atomic E-state index is -0.624. The zero-order chi connectivity index (χ0) is 19.6. The van der Waals surface area contributed by atoms with Crippen molar-refractivity contribution < 1.29 is 14.2 Å². The van der Waals surface area contributed by atoms with Gasteiger partial charge in [0, 0.05) is 19.6 Å².